The van der Waals surface area contributed by atoms with Crippen molar-refractivity contribution in [2.75, 3.05) is 13.6 Å². The van der Waals surface area contributed by atoms with E-state index in [-0.39, 0.29) is 54.6 Å². The van der Waals surface area contributed by atoms with Crippen LogP contribution in [0.3, 0.4) is 0 Å². The fourth-order valence-electron chi connectivity index (χ4n) is 5.18. The first kappa shape index (κ1) is 18.6. The molecule has 0 aromatic carbocycles. The standard InChI is InChI=1S/C18H27N3O3.ClH/c1-20(13-8-11-6-7-12(9-13)19-11)16(22)10-21-17(23)14-4-2-3-5-15(14)18(21)24;/h11-15,19H,2-10H2,1H3;1H. The minimum absolute atomic E-state index is 0. The third-order valence-electron chi connectivity index (χ3n) is 6.62. The molecule has 4 fully saturated rings. The van der Waals surface area contributed by atoms with E-state index in [1.807, 2.05) is 7.05 Å². The van der Waals surface area contributed by atoms with E-state index in [0.29, 0.717) is 12.1 Å². The maximum atomic E-state index is 12.7. The predicted molar refractivity (Wildman–Crippen MR) is 95.2 cm³/mol. The summed E-state index contributed by atoms with van der Waals surface area (Å²) in [6.07, 6.45) is 7.96. The first-order valence-electron chi connectivity index (χ1n) is 9.41. The molecular formula is C18H28ClN3O3. The van der Waals surface area contributed by atoms with E-state index in [9.17, 15) is 14.4 Å². The van der Waals surface area contributed by atoms with Crippen LogP contribution in [0.2, 0.25) is 0 Å². The number of piperidine rings is 1. The minimum Gasteiger partial charge on any atom is -0.341 e. The molecule has 25 heavy (non-hydrogen) atoms. The number of nitrogens with one attached hydrogen (secondary N) is 1. The molecular weight excluding hydrogens is 342 g/mol. The molecule has 3 amide bonds. The summed E-state index contributed by atoms with van der Waals surface area (Å²) in [5.41, 5.74) is 0. The Morgan fingerprint density at radius 3 is 2.08 bits per heavy atom. The van der Waals surface area contributed by atoms with Crippen molar-refractivity contribution in [2.24, 2.45) is 11.8 Å². The summed E-state index contributed by atoms with van der Waals surface area (Å²) >= 11 is 0. The Hall–Kier alpha value is -1.14. The molecule has 0 aromatic heterocycles. The number of carbonyl (C=O) groups excluding carboxylic acids is 3. The lowest BCUT2D eigenvalue weighted by Gasteiger charge is -2.36. The first-order chi connectivity index (χ1) is 11.5. The van der Waals surface area contributed by atoms with Gasteiger partial charge in [0.1, 0.15) is 6.54 Å². The monoisotopic (exact) mass is 369 g/mol. The molecule has 1 aliphatic carbocycles. The van der Waals surface area contributed by atoms with Crippen molar-refractivity contribution in [1.82, 2.24) is 15.1 Å². The third-order valence-corrected chi connectivity index (χ3v) is 6.62. The van der Waals surface area contributed by atoms with Gasteiger partial charge in [0, 0.05) is 25.2 Å². The molecule has 4 rings (SSSR count). The Kier molecular flexibility index (Phi) is 5.40. The van der Waals surface area contributed by atoms with E-state index in [1.54, 1.807) is 4.90 Å². The molecule has 3 heterocycles. The number of likely N-dealkylation sites (N-methyl/N-ethyl adjacent to an activating group) is 1. The second kappa shape index (κ2) is 7.23. The van der Waals surface area contributed by atoms with E-state index >= 15 is 0 Å². The molecule has 4 atom stereocenters. The fraction of sp³-hybridized carbons (Fsp3) is 0.833. The van der Waals surface area contributed by atoms with Crippen molar-refractivity contribution in [2.45, 2.75) is 69.5 Å². The van der Waals surface area contributed by atoms with E-state index in [2.05, 4.69) is 5.32 Å². The van der Waals surface area contributed by atoms with Gasteiger partial charge in [-0.15, -0.1) is 12.4 Å². The molecule has 2 bridgehead atoms. The maximum Gasteiger partial charge on any atom is 0.242 e. The maximum absolute atomic E-state index is 12.7. The van der Waals surface area contributed by atoms with Crippen molar-refractivity contribution < 1.29 is 14.4 Å². The number of rotatable bonds is 3. The lowest BCUT2D eigenvalue weighted by molar-refractivity contribution is -0.147. The number of hydrogen-bond donors (Lipinski definition) is 1. The van der Waals surface area contributed by atoms with Crippen LogP contribution in [-0.2, 0) is 14.4 Å². The Bertz CT molecular complexity index is 534. The molecule has 3 saturated heterocycles. The summed E-state index contributed by atoms with van der Waals surface area (Å²) in [6.45, 7) is -0.0690. The van der Waals surface area contributed by atoms with Crippen molar-refractivity contribution in [1.29, 1.82) is 0 Å². The van der Waals surface area contributed by atoms with Gasteiger partial charge in [-0.05, 0) is 38.5 Å². The van der Waals surface area contributed by atoms with E-state index in [0.717, 1.165) is 38.5 Å². The lowest BCUT2D eigenvalue weighted by atomic mass is 9.81. The molecule has 7 heteroatoms. The average molecular weight is 370 g/mol. The highest BCUT2D eigenvalue weighted by Gasteiger charge is 2.49. The van der Waals surface area contributed by atoms with E-state index in [4.69, 9.17) is 0 Å². The Morgan fingerprint density at radius 2 is 1.56 bits per heavy atom. The van der Waals surface area contributed by atoms with E-state index in [1.165, 1.54) is 17.7 Å². The normalized spacial score (nSPS) is 36.8. The second-order valence-electron chi connectivity index (χ2n) is 8.03. The van der Waals surface area contributed by atoms with Gasteiger partial charge in [0.05, 0.1) is 11.8 Å². The SMILES string of the molecule is CN(C(=O)CN1C(=O)C2CCCCC2C1=O)C1CC2CCC(C1)N2.Cl. The average Bonchev–Trinajstić information content (AvgIpc) is 3.06. The van der Waals surface area contributed by atoms with Crippen LogP contribution in [0, 0.1) is 11.8 Å². The quantitative estimate of drug-likeness (QED) is 0.762. The van der Waals surface area contributed by atoms with Crippen LogP contribution in [0.5, 0.6) is 0 Å². The first-order valence-corrected chi connectivity index (χ1v) is 9.41. The molecule has 3 aliphatic heterocycles. The van der Waals surface area contributed by atoms with Gasteiger partial charge in [-0.25, -0.2) is 0 Å². The van der Waals surface area contributed by atoms with Crippen LogP contribution in [0.4, 0.5) is 0 Å². The van der Waals surface area contributed by atoms with Crippen LogP contribution in [0.1, 0.15) is 51.4 Å². The fourth-order valence-corrected chi connectivity index (χ4v) is 5.18. The van der Waals surface area contributed by atoms with Crippen LogP contribution in [-0.4, -0.2) is 59.2 Å². The van der Waals surface area contributed by atoms with Crippen LogP contribution in [0.15, 0.2) is 0 Å². The van der Waals surface area contributed by atoms with Crippen LogP contribution >= 0.6 is 12.4 Å². The summed E-state index contributed by atoms with van der Waals surface area (Å²) in [5.74, 6) is -0.659. The van der Waals surface area contributed by atoms with E-state index < -0.39 is 0 Å². The molecule has 0 aromatic rings. The van der Waals surface area contributed by atoms with Crippen molar-refractivity contribution in [3.63, 3.8) is 0 Å². The third kappa shape index (κ3) is 3.31. The predicted octanol–water partition coefficient (Wildman–Crippen LogP) is 1.32. The van der Waals surface area contributed by atoms with Gasteiger partial charge >= 0.3 is 0 Å². The lowest BCUT2D eigenvalue weighted by Crippen LogP contribution is -2.51. The topological polar surface area (TPSA) is 69.7 Å². The van der Waals surface area contributed by atoms with Gasteiger partial charge in [0.25, 0.3) is 0 Å². The number of likely N-dealkylation sites (tertiary alicyclic amines) is 1. The number of amides is 3. The number of fused-ring (bicyclic) bond motifs is 3. The van der Waals surface area contributed by atoms with Gasteiger partial charge in [-0.3, -0.25) is 19.3 Å². The van der Waals surface area contributed by atoms with Gasteiger partial charge in [0.2, 0.25) is 17.7 Å². The van der Waals surface area contributed by atoms with Crippen LogP contribution < -0.4 is 5.32 Å². The van der Waals surface area contributed by atoms with Gasteiger partial charge in [0.15, 0.2) is 0 Å². The summed E-state index contributed by atoms with van der Waals surface area (Å²) in [5, 5.41) is 3.58. The highest BCUT2D eigenvalue weighted by molar-refractivity contribution is 6.07. The highest BCUT2D eigenvalue weighted by atomic mass is 35.5. The number of hydrogen-bond acceptors (Lipinski definition) is 4. The second-order valence-corrected chi connectivity index (χ2v) is 8.03. The molecule has 4 aliphatic rings. The van der Waals surface area contributed by atoms with Gasteiger partial charge in [-0.2, -0.15) is 0 Å². The molecule has 1 saturated carbocycles. The Labute approximate surface area is 155 Å². The molecule has 4 unspecified atom stereocenters. The highest BCUT2D eigenvalue weighted by Crippen LogP contribution is 2.38. The Morgan fingerprint density at radius 1 is 1.04 bits per heavy atom. The number of halogens is 1. The Balaban J connectivity index is 0.00000182. The number of imide groups is 1. The molecule has 6 nitrogen and oxygen atoms in total. The molecule has 140 valence electrons. The molecule has 0 radical (unpaired) electrons. The number of carbonyl (C=O) groups is 3. The van der Waals surface area contributed by atoms with Gasteiger partial charge < -0.3 is 10.2 Å². The summed E-state index contributed by atoms with van der Waals surface area (Å²) in [6, 6.07) is 1.26. The smallest absolute Gasteiger partial charge is 0.242 e. The van der Waals surface area contributed by atoms with Crippen molar-refractivity contribution in [3.8, 4) is 0 Å². The zero-order valence-corrected chi connectivity index (χ0v) is 15.6. The van der Waals surface area contributed by atoms with Crippen LogP contribution in [0.25, 0.3) is 0 Å². The molecule has 1 N–H and O–H groups in total. The zero-order chi connectivity index (χ0) is 16.8. The molecule has 0 spiro atoms. The summed E-state index contributed by atoms with van der Waals surface area (Å²) in [7, 11) is 1.83. The van der Waals surface area contributed by atoms with Crippen molar-refractivity contribution in [3.05, 3.63) is 0 Å². The van der Waals surface area contributed by atoms with Crippen molar-refractivity contribution >= 4 is 30.1 Å². The largest absolute Gasteiger partial charge is 0.341 e. The van der Waals surface area contributed by atoms with Gasteiger partial charge in [-0.1, -0.05) is 12.8 Å². The minimum atomic E-state index is -0.168. The summed E-state index contributed by atoms with van der Waals surface area (Å²) in [4.78, 5) is 40.8. The number of nitrogens with zero attached hydrogens (tertiary/aromatic N) is 2. The summed E-state index contributed by atoms with van der Waals surface area (Å²) < 4.78 is 0. The zero-order valence-electron chi connectivity index (χ0n) is 14.8.